The predicted molar refractivity (Wildman–Crippen MR) is 263 cm³/mol. The molecule has 360 valence electrons. The molecule has 6 heteroatoms. The number of methoxy groups -OCH3 is 1. The quantitative estimate of drug-likeness (QED) is 0.0596. The van der Waals surface area contributed by atoms with E-state index >= 15 is 0 Å². The SMILES string of the molecule is CCCCCCCCCCCCCCCCCCOC(CCCCCCCCCCCCCCCCCC)CNC(=O)C(C)(C)CC(N)CC(C)(C)OCCC(C)(C)OC. The minimum atomic E-state index is -0.569. The summed E-state index contributed by atoms with van der Waals surface area (Å²) in [6.07, 6.45) is 47.2. The first kappa shape index (κ1) is 59.3. The molecule has 0 bridgehead atoms. The number of hydrogen-bond donors (Lipinski definition) is 2. The number of amides is 1. The summed E-state index contributed by atoms with van der Waals surface area (Å²) in [7, 11) is 1.74. The van der Waals surface area contributed by atoms with E-state index in [1.807, 2.05) is 13.8 Å². The number of nitrogens with two attached hydrogens (primary N) is 1. The van der Waals surface area contributed by atoms with Gasteiger partial charge in [-0.25, -0.2) is 0 Å². The van der Waals surface area contributed by atoms with E-state index in [-0.39, 0.29) is 29.3 Å². The summed E-state index contributed by atoms with van der Waals surface area (Å²) in [5.74, 6) is 0.0708. The van der Waals surface area contributed by atoms with Gasteiger partial charge in [0.1, 0.15) is 0 Å². The Morgan fingerprint density at radius 2 is 0.867 bits per heavy atom. The predicted octanol–water partition coefficient (Wildman–Crippen LogP) is 16.1. The first-order valence-corrected chi connectivity index (χ1v) is 26.6. The average molecular weight is 851 g/mol. The zero-order chi connectivity index (χ0) is 44.6. The van der Waals surface area contributed by atoms with Crippen LogP contribution < -0.4 is 11.1 Å². The molecule has 3 N–H and O–H groups in total. The number of ether oxygens (including phenoxy) is 3. The van der Waals surface area contributed by atoms with Crippen molar-refractivity contribution >= 4 is 5.91 Å². The van der Waals surface area contributed by atoms with Gasteiger partial charge in [-0.05, 0) is 59.8 Å². The highest BCUT2D eigenvalue weighted by molar-refractivity contribution is 5.81. The van der Waals surface area contributed by atoms with Crippen LogP contribution in [-0.4, -0.2) is 56.1 Å². The molecule has 0 aromatic heterocycles. The highest BCUT2D eigenvalue weighted by Gasteiger charge is 2.33. The van der Waals surface area contributed by atoms with Gasteiger partial charge < -0.3 is 25.3 Å². The number of nitrogens with one attached hydrogen (secondary N) is 1. The Balaban J connectivity index is 4.57. The summed E-state index contributed by atoms with van der Waals surface area (Å²) < 4.78 is 18.3. The zero-order valence-corrected chi connectivity index (χ0v) is 42.4. The van der Waals surface area contributed by atoms with Crippen molar-refractivity contribution in [3.8, 4) is 0 Å². The molecule has 60 heavy (non-hydrogen) atoms. The van der Waals surface area contributed by atoms with Gasteiger partial charge in [0.15, 0.2) is 0 Å². The molecular formula is C54H110N2O4. The molecule has 0 saturated heterocycles. The van der Waals surface area contributed by atoms with Gasteiger partial charge in [-0.1, -0.05) is 227 Å². The van der Waals surface area contributed by atoms with Gasteiger partial charge in [0.25, 0.3) is 0 Å². The van der Waals surface area contributed by atoms with Crippen LogP contribution in [0.5, 0.6) is 0 Å². The van der Waals surface area contributed by atoms with Gasteiger partial charge in [0, 0.05) is 31.7 Å². The van der Waals surface area contributed by atoms with Crippen molar-refractivity contribution in [1.29, 1.82) is 0 Å². The maximum absolute atomic E-state index is 13.6. The molecule has 0 aliphatic rings. The Kier molecular flexibility index (Phi) is 39.4. The van der Waals surface area contributed by atoms with Crippen LogP contribution in [-0.2, 0) is 19.0 Å². The van der Waals surface area contributed by atoms with E-state index in [0.717, 1.165) is 25.9 Å². The van der Waals surface area contributed by atoms with Crippen molar-refractivity contribution in [2.75, 3.05) is 26.9 Å². The van der Waals surface area contributed by atoms with E-state index in [1.54, 1.807) is 7.11 Å². The third kappa shape index (κ3) is 38.9. The number of rotatable bonds is 47. The largest absolute Gasteiger partial charge is 0.379 e. The lowest BCUT2D eigenvalue weighted by Crippen LogP contribution is -2.45. The molecule has 2 atom stereocenters. The van der Waals surface area contributed by atoms with Crippen molar-refractivity contribution in [1.82, 2.24) is 5.32 Å². The van der Waals surface area contributed by atoms with Crippen LogP contribution in [0.25, 0.3) is 0 Å². The van der Waals surface area contributed by atoms with E-state index < -0.39 is 5.41 Å². The van der Waals surface area contributed by atoms with Crippen molar-refractivity contribution < 1.29 is 19.0 Å². The second-order valence-electron chi connectivity index (χ2n) is 21.0. The fourth-order valence-corrected chi connectivity index (χ4v) is 8.70. The minimum absolute atomic E-state index is 0.0708. The monoisotopic (exact) mass is 851 g/mol. The van der Waals surface area contributed by atoms with Crippen LogP contribution in [0, 0.1) is 5.41 Å². The maximum Gasteiger partial charge on any atom is 0.225 e. The smallest absolute Gasteiger partial charge is 0.225 e. The number of carbonyl (C=O) groups excluding carboxylic acids is 1. The molecule has 0 rings (SSSR count). The van der Waals surface area contributed by atoms with E-state index in [1.165, 1.54) is 199 Å². The molecule has 0 radical (unpaired) electrons. The molecule has 0 heterocycles. The van der Waals surface area contributed by atoms with Crippen LogP contribution in [0.15, 0.2) is 0 Å². The molecular weight excluding hydrogens is 741 g/mol. The molecule has 0 fully saturated rings. The standard InChI is InChI=1S/C54H110N2O4/c1-10-12-14-16-18-20-22-24-26-28-30-32-34-36-38-40-42-50(59-44-41-39-37-35-33-31-29-27-25-23-21-19-17-15-13-11-2)48-56-51(57)52(3,4)46-49(55)47-54(7,8)60-45-43-53(5,6)58-9/h49-50H,10-48,55H2,1-9H3,(H,56,57). The maximum atomic E-state index is 13.6. The molecule has 0 aromatic carbocycles. The van der Waals surface area contributed by atoms with Crippen LogP contribution in [0.4, 0.5) is 0 Å². The summed E-state index contributed by atoms with van der Waals surface area (Å²) in [5, 5.41) is 3.30. The third-order valence-corrected chi connectivity index (χ3v) is 13.1. The van der Waals surface area contributed by atoms with Crippen LogP contribution in [0.2, 0.25) is 0 Å². The van der Waals surface area contributed by atoms with Crippen molar-refractivity contribution in [3.63, 3.8) is 0 Å². The van der Waals surface area contributed by atoms with E-state index in [0.29, 0.717) is 26.0 Å². The van der Waals surface area contributed by atoms with Crippen molar-refractivity contribution in [2.24, 2.45) is 11.1 Å². The number of unbranched alkanes of at least 4 members (excludes halogenated alkanes) is 30. The Morgan fingerprint density at radius 1 is 0.500 bits per heavy atom. The van der Waals surface area contributed by atoms with E-state index in [2.05, 4.69) is 46.9 Å². The van der Waals surface area contributed by atoms with Gasteiger partial charge in [-0.2, -0.15) is 0 Å². The lowest BCUT2D eigenvalue weighted by Gasteiger charge is -2.33. The fraction of sp³-hybridized carbons (Fsp3) is 0.981. The fourth-order valence-electron chi connectivity index (χ4n) is 8.70. The number of hydrogen-bond acceptors (Lipinski definition) is 5. The van der Waals surface area contributed by atoms with Crippen LogP contribution >= 0.6 is 0 Å². The Bertz CT molecular complexity index is 921. The molecule has 0 saturated carbocycles. The summed E-state index contributed by atoms with van der Waals surface area (Å²) in [4.78, 5) is 13.6. The summed E-state index contributed by atoms with van der Waals surface area (Å²) in [6.45, 7) is 19.0. The topological polar surface area (TPSA) is 82.8 Å². The van der Waals surface area contributed by atoms with Gasteiger partial charge in [0.2, 0.25) is 5.91 Å². The summed E-state index contributed by atoms with van der Waals surface area (Å²) in [5.41, 5.74) is 5.52. The molecule has 6 nitrogen and oxygen atoms in total. The van der Waals surface area contributed by atoms with Gasteiger partial charge in [-0.3, -0.25) is 4.79 Å². The van der Waals surface area contributed by atoms with Gasteiger partial charge in [-0.15, -0.1) is 0 Å². The van der Waals surface area contributed by atoms with Crippen molar-refractivity contribution in [2.45, 2.75) is 310 Å². The first-order chi connectivity index (χ1) is 28.8. The summed E-state index contributed by atoms with van der Waals surface area (Å²) in [6, 6.07) is -0.136. The second-order valence-corrected chi connectivity index (χ2v) is 21.0. The lowest BCUT2D eigenvalue weighted by molar-refractivity contribution is -0.131. The average Bonchev–Trinajstić information content (AvgIpc) is 3.19. The Hall–Kier alpha value is -0.690. The second kappa shape index (κ2) is 39.9. The normalized spacial score (nSPS) is 13.6. The highest BCUT2D eigenvalue weighted by atomic mass is 16.5. The van der Waals surface area contributed by atoms with Crippen LogP contribution in [0.3, 0.4) is 0 Å². The molecule has 2 unspecified atom stereocenters. The molecule has 0 aliphatic carbocycles. The lowest BCUT2D eigenvalue weighted by atomic mass is 9.82. The van der Waals surface area contributed by atoms with Gasteiger partial charge in [0.05, 0.1) is 23.9 Å². The molecule has 0 spiro atoms. The van der Waals surface area contributed by atoms with Gasteiger partial charge >= 0.3 is 0 Å². The van der Waals surface area contributed by atoms with E-state index in [9.17, 15) is 4.79 Å². The van der Waals surface area contributed by atoms with E-state index in [4.69, 9.17) is 19.9 Å². The van der Waals surface area contributed by atoms with Crippen LogP contribution in [0.1, 0.15) is 287 Å². The Labute approximate surface area is 376 Å². The zero-order valence-electron chi connectivity index (χ0n) is 42.4. The first-order valence-electron chi connectivity index (χ1n) is 26.6. The molecule has 1 amide bonds. The highest BCUT2D eigenvalue weighted by Crippen LogP contribution is 2.28. The molecule has 0 aromatic rings. The molecule has 0 aliphatic heterocycles. The number of carbonyl (C=O) groups is 1. The summed E-state index contributed by atoms with van der Waals surface area (Å²) >= 11 is 0. The minimum Gasteiger partial charge on any atom is -0.379 e. The third-order valence-electron chi connectivity index (χ3n) is 13.1. The Morgan fingerprint density at radius 3 is 1.25 bits per heavy atom. The van der Waals surface area contributed by atoms with Crippen molar-refractivity contribution in [3.05, 3.63) is 0 Å².